The Morgan fingerprint density at radius 3 is 2.55 bits per heavy atom. The van der Waals surface area contributed by atoms with Crippen molar-refractivity contribution in [1.82, 2.24) is 16.0 Å². The molecule has 1 fully saturated rings. The average molecular weight is 394 g/mol. The minimum atomic E-state index is -0.360. The Morgan fingerprint density at radius 2 is 1.86 bits per heavy atom. The van der Waals surface area contributed by atoms with Gasteiger partial charge in [0.2, 0.25) is 5.91 Å². The lowest BCUT2D eigenvalue weighted by Crippen LogP contribution is -2.36. The van der Waals surface area contributed by atoms with Crippen LogP contribution in [0.15, 0.2) is 54.6 Å². The molecule has 1 saturated heterocycles. The van der Waals surface area contributed by atoms with E-state index in [1.54, 1.807) is 0 Å². The summed E-state index contributed by atoms with van der Waals surface area (Å²) >= 11 is 0. The first-order chi connectivity index (χ1) is 14.1. The number of aryl methyl sites for hydroxylation is 1. The summed E-state index contributed by atoms with van der Waals surface area (Å²) in [5.41, 5.74) is 2.63. The SMILES string of the molecule is Cc1ccc(C(=O)NC(CC(=O)NCCC2CCCNC2)c2ccccc2)cc1. The highest BCUT2D eigenvalue weighted by Crippen LogP contribution is 2.18. The van der Waals surface area contributed by atoms with Crippen molar-refractivity contribution in [2.45, 2.75) is 38.6 Å². The highest BCUT2D eigenvalue weighted by atomic mass is 16.2. The van der Waals surface area contributed by atoms with Crippen molar-refractivity contribution in [3.05, 3.63) is 71.3 Å². The summed E-state index contributed by atoms with van der Waals surface area (Å²) in [6.45, 7) is 4.80. The molecule has 2 amide bonds. The fourth-order valence-electron chi connectivity index (χ4n) is 3.73. The van der Waals surface area contributed by atoms with Gasteiger partial charge in [-0.2, -0.15) is 0 Å². The second-order valence-corrected chi connectivity index (χ2v) is 7.86. The molecule has 2 atom stereocenters. The summed E-state index contributed by atoms with van der Waals surface area (Å²) in [6, 6.07) is 16.8. The Hall–Kier alpha value is -2.66. The van der Waals surface area contributed by atoms with Gasteiger partial charge in [0.15, 0.2) is 0 Å². The van der Waals surface area contributed by atoms with Crippen LogP contribution in [0.25, 0.3) is 0 Å². The molecule has 3 N–H and O–H groups in total. The third kappa shape index (κ3) is 6.71. The molecule has 0 aromatic heterocycles. The predicted molar refractivity (Wildman–Crippen MR) is 116 cm³/mol. The zero-order valence-electron chi connectivity index (χ0n) is 17.1. The molecule has 2 aromatic carbocycles. The van der Waals surface area contributed by atoms with E-state index in [1.165, 1.54) is 12.8 Å². The van der Waals surface area contributed by atoms with E-state index in [2.05, 4.69) is 16.0 Å². The van der Waals surface area contributed by atoms with Gasteiger partial charge in [-0.3, -0.25) is 9.59 Å². The molecule has 154 valence electrons. The summed E-state index contributed by atoms with van der Waals surface area (Å²) < 4.78 is 0. The molecule has 3 rings (SSSR count). The number of rotatable bonds is 8. The van der Waals surface area contributed by atoms with E-state index in [-0.39, 0.29) is 24.3 Å². The lowest BCUT2D eigenvalue weighted by Gasteiger charge is -2.23. The van der Waals surface area contributed by atoms with Crippen LogP contribution in [-0.2, 0) is 4.79 Å². The lowest BCUT2D eigenvalue weighted by atomic mass is 9.96. The standard InChI is InChI=1S/C24H31N3O2/c1-18-9-11-21(12-10-18)24(29)27-22(20-7-3-2-4-8-20)16-23(28)26-15-13-19-6-5-14-25-17-19/h2-4,7-12,19,22,25H,5-6,13-17H2,1H3,(H,26,28)(H,27,29). The van der Waals surface area contributed by atoms with Crippen molar-refractivity contribution in [2.75, 3.05) is 19.6 Å². The molecule has 0 aliphatic carbocycles. The van der Waals surface area contributed by atoms with Crippen molar-refractivity contribution in [3.63, 3.8) is 0 Å². The third-order valence-electron chi connectivity index (χ3n) is 5.48. The molecule has 2 unspecified atom stereocenters. The molecule has 0 saturated carbocycles. The van der Waals surface area contributed by atoms with Gasteiger partial charge in [-0.15, -0.1) is 0 Å². The third-order valence-corrected chi connectivity index (χ3v) is 5.48. The Kier molecular flexibility index (Phi) is 7.82. The van der Waals surface area contributed by atoms with Crippen molar-refractivity contribution in [3.8, 4) is 0 Å². The predicted octanol–water partition coefficient (Wildman–Crippen LogP) is 3.36. The molecule has 1 heterocycles. The number of hydrogen-bond acceptors (Lipinski definition) is 3. The molecule has 29 heavy (non-hydrogen) atoms. The van der Waals surface area contributed by atoms with Gasteiger partial charge in [-0.05, 0) is 62.9 Å². The second kappa shape index (κ2) is 10.8. The van der Waals surface area contributed by atoms with E-state index < -0.39 is 0 Å². The number of carbonyl (C=O) groups is 2. The van der Waals surface area contributed by atoms with Crippen molar-refractivity contribution in [2.24, 2.45) is 5.92 Å². The molecular weight excluding hydrogens is 362 g/mol. The fourth-order valence-corrected chi connectivity index (χ4v) is 3.73. The van der Waals surface area contributed by atoms with Crippen molar-refractivity contribution < 1.29 is 9.59 Å². The Balaban J connectivity index is 1.57. The molecule has 5 nitrogen and oxygen atoms in total. The van der Waals surface area contributed by atoms with Gasteiger partial charge in [0.25, 0.3) is 5.91 Å². The van der Waals surface area contributed by atoms with Crippen molar-refractivity contribution in [1.29, 1.82) is 0 Å². The average Bonchev–Trinajstić information content (AvgIpc) is 2.75. The first-order valence-corrected chi connectivity index (χ1v) is 10.5. The monoisotopic (exact) mass is 393 g/mol. The van der Waals surface area contributed by atoms with Crippen LogP contribution in [0.4, 0.5) is 0 Å². The molecule has 5 heteroatoms. The van der Waals surface area contributed by atoms with Gasteiger partial charge in [-0.25, -0.2) is 0 Å². The van der Waals surface area contributed by atoms with Crippen LogP contribution in [0.5, 0.6) is 0 Å². The number of carbonyl (C=O) groups excluding carboxylic acids is 2. The molecule has 0 bridgehead atoms. The summed E-state index contributed by atoms with van der Waals surface area (Å²) in [4.78, 5) is 25.2. The maximum Gasteiger partial charge on any atom is 0.251 e. The lowest BCUT2D eigenvalue weighted by molar-refractivity contribution is -0.121. The van der Waals surface area contributed by atoms with Gasteiger partial charge < -0.3 is 16.0 Å². The minimum Gasteiger partial charge on any atom is -0.356 e. The van der Waals surface area contributed by atoms with Crippen LogP contribution in [0.3, 0.4) is 0 Å². The van der Waals surface area contributed by atoms with E-state index in [0.717, 1.165) is 30.6 Å². The van der Waals surface area contributed by atoms with Gasteiger partial charge in [-0.1, -0.05) is 48.0 Å². The Morgan fingerprint density at radius 1 is 1.10 bits per heavy atom. The maximum atomic E-state index is 12.7. The first kappa shape index (κ1) is 21.1. The Labute approximate surface area is 173 Å². The highest BCUT2D eigenvalue weighted by Gasteiger charge is 2.20. The van der Waals surface area contributed by atoms with Crippen molar-refractivity contribution >= 4 is 11.8 Å². The van der Waals surface area contributed by atoms with Crippen LogP contribution in [-0.4, -0.2) is 31.4 Å². The fraction of sp³-hybridized carbons (Fsp3) is 0.417. The molecule has 2 aromatic rings. The number of nitrogens with one attached hydrogen (secondary N) is 3. The number of piperidine rings is 1. The van der Waals surface area contributed by atoms with E-state index in [9.17, 15) is 9.59 Å². The smallest absolute Gasteiger partial charge is 0.251 e. The molecule has 0 radical (unpaired) electrons. The quantitative estimate of drug-likeness (QED) is 0.644. The molecular formula is C24H31N3O2. The molecule has 1 aliphatic rings. The highest BCUT2D eigenvalue weighted by molar-refractivity contribution is 5.94. The van der Waals surface area contributed by atoms with E-state index in [0.29, 0.717) is 18.0 Å². The van der Waals surface area contributed by atoms with Gasteiger partial charge in [0, 0.05) is 12.1 Å². The second-order valence-electron chi connectivity index (χ2n) is 7.86. The van der Waals surface area contributed by atoms with E-state index in [4.69, 9.17) is 0 Å². The summed E-state index contributed by atoms with van der Waals surface area (Å²) in [6.07, 6.45) is 3.65. The van der Waals surface area contributed by atoms with Gasteiger partial charge in [0.05, 0.1) is 12.5 Å². The number of hydrogen-bond donors (Lipinski definition) is 3. The molecule has 1 aliphatic heterocycles. The van der Waals surface area contributed by atoms with Crippen LogP contribution in [0.1, 0.15) is 53.2 Å². The summed E-state index contributed by atoms with van der Waals surface area (Å²) in [5.74, 6) is 0.432. The van der Waals surface area contributed by atoms with Crippen LogP contribution >= 0.6 is 0 Å². The van der Waals surface area contributed by atoms with Crippen LogP contribution in [0.2, 0.25) is 0 Å². The van der Waals surface area contributed by atoms with E-state index >= 15 is 0 Å². The number of benzene rings is 2. The normalized spacial score (nSPS) is 17.3. The van der Waals surface area contributed by atoms with Gasteiger partial charge in [0.1, 0.15) is 0 Å². The zero-order chi connectivity index (χ0) is 20.5. The largest absolute Gasteiger partial charge is 0.356 e. The van der Waals surface area contributed by atoms with Crippen LogP contribution < -0.4 is 16.0 Å². The van der Waals surface area contributed by atoms with Gasteiger partial charge >= 0.3 is 0 Å². The summed E-state index contributed by atoms with van der Waals surface area (Å²) in [7, 11) is 0. The van der Waals surface area contributed by atoms with E-state index in [1.807, 2.05) is 61.5 Å². The first-order valence-electron chi connectivity index (χ1n) is 10.5. The minimum absolute atomic E-state index is 0.0353. The topological polar surface area (TPSA) is 70.2 Å². The number of amides is 2. The zero-order valence-corrected chi connectivity index (χ0v) is 17.1. The molecule has 0 spiro atoms. The maximum absolute atomic E-state index is 12.7. The van der Waals surface area contributed by atoms with Crippen LogP contribution in [0, 0.1) is 12.8 Å². The summed E-state index contributed by atoms with van der Waals surface area (Å²) in [5, 5.41) is 9.47. The Bertz CT molecular complexity index is 784.